The van der Waals surface area contributed by atoms with E-state index >= 15 is 0 Å². The number of nitrogens with one attached hydrogen (secondary N) is 1. The lowest BCUT2D eigenvalue weighted by Crippen LogP contribution is -2.30. The molecule has 1 saturated heterocycles. The normalized spacial score (nSPS) is 22.1. The highest BCUT2D eigenvalue weighted by molar-refractivity contribution is 4.77. The predicted octanol–water partition coefficient (Wildman–Crippen LogP) is 2.89. The molecule has 0 aliphatic carbocycles. The van der Waals surface area contributed by atoms with Crippen LogP contribution in [-0.2, 0) is 0 Å². The Bertz CT molecular complexity index is 168. The van der Waals surface area contributed by atoms with Crippen LogP contribution in [0.2, 0.25) is 0 Å². The molecule has 1 fully saturated rings. The zero-order chi connectivity index (χ0) is 11.8. The molecule has 1 aliphatic heterocycles. The maximum atomic E-state index is 3.52. The minimum atomic E-state index is 0.781. The molecular weight excluding hydrogens is 196 g/mol. The van der Waals surface area contributed by atoms with E-state index in [4.69, 9.17) is 0 Å². The molecule has 1 rings (SSSR count). The summed E-state index contributed by atoms with van der Waals surface area (Å²) in [5.41, 5.74) is 0. The number of likely N-dealkylation sites (tertiary alicyclic amines) is 1. The van der Waals surface area contributed by atoms with Crippen LogP contribution in [0.1, 0.15) is 52.9 Å². The maximum absolute atomic E-state index is 3.52. The zero-order valence-electron chi connectivity index (χ0n) is 11.5. The molecule has 2 nitrogen and oxygen atoms in total. The highest BCUT2D eigenvalue weighted by Gasteiger charge is 2.21. The Morgan fingerprint density at radius 2 is 2.12 bits per heavy atom. The van der Waals surface area contributed by atoms with Gasteiger partial charge in [-0.2, -0.15) is 0 Å². The second-order valence-electron chi connectivity index (χ2n) is 5.55. The summed E-state index contributed by atoms with van der Waals surface area (Å²) in [6, 6.07) is 0.892. The Labute approximate surface area is 102 Å². The largest absolute Gasteiger partial charge is 0.316 e. The van der Waals surface area contributed by atoms with Gasteiger partial charge in [-0.25, -0.2) is 0 Å². The molecule has 1 atom stereocenters. The SMILES string of the molecule is CCC1CCCN1CCCCNCC(C)C. The first kappa shape index (κ1) is 14.0. The van der Waals surface area contributed by atoms with Crippen molar-refractivity contribution in [2.24, 2.45) is 5.92 Å². The maximum Gasteiger partial charge on any atom is 0.00931 e. The summed E-state index contributed by atoms with van der Waals surface area (Å²) in [6.45, 7) is 11.9. The summed E-state index contributed by atoms with van der Waals surface area (Å²) < 4.78 is 0. The predicted molar refractivity (Wildman–Crippen MR) is 71.8 cm³/mol. The third kappa shape index (κ3) is 5.31. The van der Waals surface area contributed by atoms with Crippen molar-refractivity contribution in [2.75, 3.05) is 26.2 Å². The number of hydrogen-bond donors (Lipinski definition) is 1. The Hall–Kier alpha value is -0.0800. The van der Waals surface area contributed by atoms with Crippen LogP contribution < -0.4 is 5.32 Å². The summed E-state index contributed by atoms with van der Waals surface area (Å²) in [6.07, 6.45) is 6.89. The minimum Gasteiger partial charge on any atom is -0.316 e. The average Bonchev–Trinajstić information content (AvgIpc) is 2.70. The van der Waals surface area contributed by atoms with E-state index in [0.29, 0.717) is 0 Å². The first-order valence-electron chi connectivity index (χ1n) is 7.18. The molecular formula is C14H30N2. The highest BCUT2D eigenvalue weighted by Crippen LogP contribution is 2.19. The molecule has 1 aliphatic rings. The van der Waals surface area contributed by atoms with Gasteiger partial charge in [0.25, 0.3) is 0 Å². The Morgan fingerprint density at radius 3 is 2.81 bits per heavy atom. The van der Waals surface area contributed by atoms with Crippen LogP contribution in [0.4, 0.5) is 0 Å². The van der Waals surface area contributed by atoms with Gasteiger partial charge >= 0.3 is 0 Å². The molecule has 1 heterocycles. The van der Waals surface area contributed by atoms with Gasteiger partial charge in [-0.05, 0) is 64.2 Å². The van der Waals surface area contributed by atoms with Gasteiger partial charge in [0.05, 0.1) is 0 Å². The van der Waals surface area contributed by atoms with Gasteiger partial charge in [0.15, 0.2) is 0 Å². The van der Waals surface area contributed by atoms with E-state index in [2.05, 4.69) is 31.0 Å². The molecule has 0 amide bonds. The minimum absolute atomic E-state index is 0.781. The number of nitrogens with zero attached hydrogens (tertiary/aromatic N) is 1. The molecule has 96 valence electrons. The lowest BCUT2D eigenvalue weighted by molar-refractivity contribution is 0.243. The van der Waals surface area contributed by atoms with Crippen LogP contribution in [0.5, 0.6) is 0 Å². The topological polar surface area (TPSA) is 15.3 Å². The van der Waals surface area contributed by atoms with Gasteiger partial charge in [0.1, 0.15) is 0 Å². The van der Waals surface area contributed by atoms with Gasteiger partial charge in [-0.3, -0.25) is 0 Å². The fourth-order valence-corrected chi connectivity index (χ4v) is 2.61. The molecule has 1 N–H and O–H groups in total. The molecule has 16 heavy (non-hydrogen) atoms. The molecule has 0 spiro atoms. The molecule has 0 aromatic carbocycles. The fourth-order valence-electron chi connectivity index (χ4n) is 2.61. The van der Waals surface area contributed by atoms with Crippen LogP contribution >= 0.6 is 0 Å². The lowest BCUT2D eigenvalue weighted by Gasteiger charge is -2.23. The molecule has 0 aromatic heterocycles. The van der Waals surface area contributed by atoms with E-state index in [9.17, 15) is 0 Å². The van der Waals surface area contributed by atoms with Crippen molar-refractivity contribution >= 4 is 0 Å². The highest BCUT2D eigenvalue weighted by atomic mass is 15.2. The second kappa shape index (κ2) is 8.08. The second-order valence-corrected chi connectivity index (χ2v) is 5.55. The Balaban J connectivity index is 1.94. The van der Waals surface area contributed by atoms with Crippen molar-refractivity contribution < 1.29 is 0 Å². The van der Waals surface area contributed by atoms with Crippen LogP contribution in [0, 0.1) is 5.92 Å². The first-order chi connectivity index (χ1) is 7.74. The van der Waals surface area contributed by atoms with Crippen molar-refractivity contribution in [2.45, 2.75) is 58.9 Å². The number of rotatable bonds is 8. The number of hydrogen-bond acceptors (Lipinski definition) is 2. The van der Waals surface area contributed by atoms with Crippen molar-refractivity contribution in [1.82, 2.24) is 10.2 Å². The van der Waals surface area contributed by atoms with E-state index in [-0.39, 0.29) is 0 Å². The van der Waals surface area contributed by atoms with Crippen molar-refractivity contribution in [3.63, 3.8) is 0 Å². The van der Waals surface area contributed by atoms with E-state index in [1.165, 1.54) is 58.3 Å². The van der Waals surface area contributed by atoms with Crippen molar-refractivity contribution in [3.8, 4) is 0 Å². The fraction of sp³-hybridized carbons (Fsp3) is 1.00. The van der Waals surface area contributed by atoms with E-state index in [1.807, 2.05) is 0 Å². The summed E-state index contributed by atoms with van der Waals surface area (Å²) >= 11 is 0. The average molecular weight is 226 g/mol. The zero-order valence-corrected chi connectivity index (χ0v) is 11.5. The summed E-state index contributed by atoms with van der Waals surface area (Å²) in [5.74, 6) is 0.781. The van der Waals surface area contributed by atoms with Gasteiger partial charge in [0, 0.05) is 6.04 Å². The molecule has 0 aromatic rings. The third-order valence-corrected chi connectivity index (χ3v) is 3.57. The Morgan fingerprint density at radius 1 is 1.31 bits per heavy atom. The quantitative estimate of drug-likeness (QED) is 0.640. The lowest BCUT2D eigenvalue weighted by atomic mass is 10.1. The third-order valence-electron chi connectivity index (χ3n) is 3.57. The standard InChI is InChI=1S/C14H30N2/c1-4-14-8-7-11-16(14)10-6-5-9-15-12-13(2)3/h13-15H,4-12H2,1-3H3. The van der Waals surface area contributed by atoms with Crippen LogP contribution in [0.25, 0.3) is 0 Å². The van der Waals surface area contributed by atoms with Gasteiger partial charge in [-0.1, -0.05) is 20.8 Å². The van der Waals surface area contributed by atoms with Crippen molar-refractivity contribution in [1.29, 1.82) is 0 Å². The monoisotopic (exact) mass is 226 g/mol. The van der Waals surface area contributed by atoms with Gasteiger partial charge < -0.3 is 10.2 Å². The summed E-state index contributed by atoms with van der Waals surface area (Å²) in [5, 5.41) is 3.52. The van der Waals surface area contributed by atoms with Crippen LogP contribution in [0.15, 0.2) is 0 Å². The molecule has 2 heteroatoms. The van der Waals surface area contributed by atoms with Gasteiger partial charge in [0.2, 0.25) is 0 Å². The summed E-state index contributed by atoms with van der Waals surface area (Å²) in [7, 11) is 0. The molecule has 0 bridgehead atoms. The van der Waals surface area contributed by atoms with Crippen molar-refractivity contribution in [3.05, 3.63) is 0 Å². The molecule has 1 unspecified atom stereocenters. The smallest absolute Gasteiger partial charge is 0.00931 e. The van der Waals surface area contributed by atoms with Crippen LogP contribution in [0.3, 0.4) is 0 Å². The van der Waals surface area contributed by atoms with E-state index < -0.39 is 0 Å². The molecule has 0 radical (unpaired) electrons. The van der Waals surface area contributed by atoms with E-state index in [1.54, 1.807) is 0 Å². The number of unbranched alkanes of at least 4 members (excludes halogenated alkanes) is 1. The molecule has 0 saturated carbocycles. The van der Waals surface area contributed by atoms with Gasteiger partial charge in [-0.15, -0.1) is 0 Å². The Kier molecular flexibility index (Phi) is 7.06. The summed E-state index contributed by atoms with van der Waals surface area (Å²) in [4.78, 5) is 2.70. The van der Waals surface area contributed by atoms with E-state index in [0.717, 1.165) is 12.0 Å². The first-order valence-corrected chi connectivity index (χ1v) is 7.18. The van der Waals surface area contributed by atoms with Crippen LogP contribution in [-0.4, -0.2) is 37.1 Å².